The van der Waals surface area contributed by atoms with E-state index in [1.807, 2.05) is 37.3 Å². The molecular weight excluding hydrogens is 388 g/mol. The van der Waals surface area contributed by atoms with Crippen LogP contribution in [0.3, 0.4) is 0 Å². The van der Waals surface area contributed by atoms with Crippen molar-refractivity contribution in [2.75, 3.05) is 20.3 Å². The fourth-order valence-electron chi connectivity index (χ4n) is 2.79. The van der Waals surface area contributed by atoms with E-state index in [0.717, 1.165) is 10.8 Å². The highest BCUT2D eigenvalue weighted by molar-refractivity contribution is 5.99. The lowest BCUT2D eigenvalue weighted by molar-refractivity contribution is -0.150. The fourth-order valence-corrected chi connectivity index (χ4v) is 2.79. The first-order valence-electron chi connectivity index (χ1n) is 9.65. The minimum Gasteiger partial charge on any atom is -0.467 e. The van der Waals surface area contributed by atoms with E-state index in [9.17, 15) is 19.2 Å². The van der Waals surface area contributed by atoms with Crippen LogP contribution in [0.1, 0.15) is 30.6 Å². The summed E-state index contributed by atoms with van der Waals surface area (Å²) in [5, 5.41) is 6.88. The van der Waals surface area contributed by atoms with Gasteiger partial charge in [0.2, 0.25) is 0 Å². The van der Waals surface area contributed by atoms with Gasteiger partial charge < -0.3 is 20.1 Å². The molecule has 2 atom stereocenters. The molecule has 0 radical (unpaired) electrons. The first-order valence-corrected chi connectivity index (χ1v) is 9.65. The Bertz CT molecular complexity index is 927. The molecule has 0 bridgehead atoms. The number of fused-ring (bicyclic) bond motifs is 1. The number of ether oxygens (including phenoxy) is 2. The zero-order valence-electron chi connectivity index (χ0n) is 17.3. The molecular formula is C22H26N2O6. The van der Waals surface area contributed by atoms with Crippen LogP contribution in [0.2, 0.25) is 0 Å². The number of esters is 2. The first-order chi connectivity index (χ1) is 14.3. The van der Waals surface area contributed by atoms with Gasteiger partial charge in [-0.3, -0.25) is 14.4 Å². The molecule has 0 fully saturated rings. The number of carbonyl (C=O) groups is 4. The smallest absolute Gasteiger partial charge is 0.328 e. The number of amides is 2. The lowest BCUT2D eigenvalue weighted by Gasteiger charge is -2.21. The third kappa shape index (κ3) is 6.30. The molecule has 0 spiro atoms. The number of nitrogens with one attached hydrogen (secondary N) is 2. The normalized spacial score (nSPS) is 12.5. The van der Waals surface area contributed by atoms with Crippen LogP contribution in [0.4, 0.5) is 0 Å². The Balaban J connectivity index is 1.81. The molecule has 2 rings (SSSR count). The second kappa shape index (κ2) is 10.9. The van der Waals surface area contributed by atoms with Crippen molar-refractivity contribution in [2.45, 2.75) is 26.3 Å². The summed E-state index contributed by atoms with van der Waals surface area (Å²) in [6.45, 7) is 2.74. The Morgan fingerprint density at radius 3 is 2.40 bits per heavy atom. The van der Waals surface area contributed by atoms with Crippen LogP contribution in [-0.4, -0.2) is 50.1 Å². The minimum absolute atomic E-state index is 0.140. The maximum atomic E-state index is 12.2. The molecule has 160 valence electrons. The average molecular weight is 414 g/mol. The highest BCUT2D eigenvalue weighted by atomic mass is 16.5. The monoisotopic (exact) mass is 414 g/mol. The van der Waals surface area contributed by atoms with Crippen molar-refractivity contribution in [2.24, 2.45) is 5.92 Å². The quantitative estimate of drug-likeness (QED) is 0.606. The van der Waals surface area contributed by atoms with Gasteiger partial charge >= 0.3 is 11.9 Å². The minimum atomic E-state index is -0.821. The van der Waals surface area contributed by atoms with Crippen LogP contribution in [0, 0.1) is 5.92 Å². The summed E-state index contributed by atoms with van der Waals surface area (Å²) in [7, 11) is 1.24. The van der Waals surface area contributed by atoms with Gasteiger partial charge in [-0.05, 0) is 28.8 Å². The van der Waals surface area contributed by atoms with Crippen molar-refractivity contribution < 1.29 is 28.7 Å². The number of carbonyl (C=O) groups excluding carboxylic acids is 4. The Kier molecular flexibility index (Phi) is 8.34. The average Bonchev–Trinajstić information content (AvgIpc) is 2.78. The third-order valence-electron chi connectivity index (χ3n) is 4.75. The zero-order chi connectivity index (χ0) is 22.1. The topological polar surface area (TPSA) is 111 Å². The molecule has 0 aliphatic carbocycles. The molecule has 8 nitrogen and oxygen atoms in total. The Morgan fingerprint density at radius 1 is 1.03 bits per heavy atom. The summed E-state index contributed by atoms with van der Waals surface area (Å²) < 4.78 is 9.56. The van der Waals surface area contributed by atoms with E-state index in [-0.39, 0.29) is 12.5 Å². The van der Waals surface area contributed by atoms with Crippen molar-refractivity contribution >= 4 is 34.5 Å². The van der Waals surface area contributed by atoms with Crippen molar-refractivity contribution in [3.8, 4) is 0 Å². The van der Waals surface area contributed by atoms with Gasteiger partial charge in [-0.2, -0.15) is 0 Å². The molecule has 0 aromatic heterocycles. The molecule has 0 saturated heterocycles. The maximum absolute atomic E-state index is 12.2. The van der Waals surface area contributed by atoms with Crippen LogP contribution < -0.4 is 10.6 Å². The van der Waals surface area contributed by atoms with E-state index < -0.39 is 36.4 Å². The molecule has 2 amide bonds. The Hall–Kier alpha value is -3.42. The van der Waals surface area contributed by atoms with Crippen LogP contribution >= 0.6 is 0 Å². The molecule has 0 aliphatic heterocycles. The molecule has 30 heavy (non-hydrogen) atoms. The molecule has 0 aliphatic rings. The van der Waals surface area contributed by atoms with Gasteiger partial charge in [0.05, 0.1) is 7.11 Å². The summed E-state index contributed by atoms with van der Waals surface area (Å²) in [6.07, 6.45) is 0.653. The van der Waals surface area contributed by atoms with Crippen LogP contribution in [-0.2, 0) is 23.9 Å². The maximum Gasteiger partial charge on any atom is 0.328 e. The zero-order valence-corrected chi connectivity index (χ0v) is 17.3. The molecule has 2 N–H and O–H groups in total. The largest absolute Gasteiger partial charge is 0.467 e. The number of methoxy groups -OCH3 is 1. The van der Waals surface area contributed by atoms with Gasteiger partial charge in [-0.25, -0.2) is 4.79 Å². The second-order valence-corrected chi connectivity index (χ2v) is 6.86. The number of rotatable bonds is 9. The SMILES string of the molecule is CC[C@H](C)[C@@H](NC(=O)COC(=O)CNC(=O)c1ccc2ccccc2c1)C(=O)OC. The number of hydrogen-bond acceptors (Lipinski definition) is 6. The van der Waals surface area contributed by atoms with E-state index in [4.69, 9.17) is 4.74 Å². The van der Waals surface area contributed by atoms with E-state index >= 15 is 0 Å². The van der Waals surface area contributed by atoms with E-state index in [2.05, 4.69) is 15.4 Å². The van der Waals surface area contributed by atoms with Gasteiger partial charge in [-0.1, -0.05) is 50.6 Å². The van der Waals surface area contributed by atoms with Gasteiger partial charge in [-0.15, -0.1) is 0 Å². The van der Waals surface area contributed by atoms with E-state index in [1.54, 1.807) is 19.1 Å². The summed E-state index contributed by atoms with van der Waals surface area (Å²) in [5.41, 5.74) is 0.411. The standard InChI is InChI=1S/C22H26N2O6/c1-4-14(2)20(22(28)29-3)24-18(25)13-30-19(26)12-23-21(27)17-10-9-15-7-5-6-8-16(15)11-17/h5-11,14,20H,4,12-13H2,1-3H3,(H,23,27)(H,24,25)/t14-,20+/m0/s1. The lowest BCUT2D eigenvalue weighted by Crippen LogP contribution is -2.47. The second-order valence-electron chi connectivity index (χ2n) is 6.86. The van der Waals surface area contributed by atoms with E-state index in [0.29, 0.717) is 12.0 Å². The summed E-state index contributed by atoms with van der Waals surface area (Å²) >= 11 is 0. The van der Waals surface area contributed by atoms with Crippen LogP contribution in [0.5, 0.6) is 0 Å². The predicted octanol–water partition coefficient (Wildman–Crippen LogP) is 1.82. The van der Waals surface area contributed by atoms with E-state index in [1.165, 1.54) is 7.11 Å². The highest BCUT2D eigenvalue weighted by Gasteiger charge is 2.26. The summed E-state index contributed by atoms with van der Waals surface area (Å²) in [6, 6.07) is 12.0. The van der Waals surface area contributed by atoms with Gasteiger partial charge in [0.25, 0.3) is 11.8 Å². The Morgan fingerprint density at radius 2 is 1.73 bits per heavy atom. The lowest BCUT2D eigenvalue weighted by atomic mass is 9.99. The van der Waals surface area contributed by atoms with Gasteiger partial charge in [0, 0.05) is 5.56 Å². The van der Waals surface area contributed by atoms with Crippen molar-refractivity contribution in [3.63, 3.8) is 0 Å². The highest BCUT2D eigenvalue weighted by Crippen LogP contribution is 2.15. The molecule has 8 heteroatoms. The summed E-state index contributed by atoms with van der Waals surface area (Å²) in [4.78, 5) is 47.9. The predicted molar refractivity (Wildman–Crippen MR) is 111 cm³/mol. The van der Waals surface area contributed by atoms with Gasteiger partial charge in [0.1, 0.15) is 12.6 Å². The van der Waals surface area contributed by atoms with Gasteiger partial charge in [0.15, 0.2) is 6.61 Å². The van der Waals surface area contributed by atoms with Crippen molar-refractivity contribution in [3.05, 3.63) is 48.0 Å². The third-order valence-corrected chi connectivity index (χ3v) is 4.75. The van der Waals surface area contributed by atoms with Crippen LogP contribution in [0.25, 0.3) is 10.8 Å². The number of benzene rings is 2. The van der Waals surface area contributed by atoms with Crippen molar-refractivity contribution in [1.29, 1.82) is 0 Å². The fraction of sp³-hybridized carbons (Fsp3) is 0.364. The molecule has 2 aromatic rings. The molecule has 0 saturated carbocycles. The van der Waals surface area contributed by atoms with Crippen LogP contribution in [0.15, 0.2) is 42.5 Å². The molecule has 0 unspecified atom stereocenters. The van der Waals surface area contributed by atoms with Crippen molar-refractivity contribution in [1.82, 2.24) is 10.6 Å². The first kappa shape index (κ1) is 22.9. The Labute approximate surface area is 174 Å². The molecule has 0 heterocycles. The number of hydrogen-bond donors (Lipinski definition) is 2. The molecule has 2 aromatic carbocycles. The summed E-state index contributed by atoms with van der Waals surface area (Å²) in [5.74, 6) is -2.52.